The minimum absolute atomic E-state index is 0.0132. The van der Waals surface area contributed by atoms with Gasteiger partial charge in [-0.3, -0.25) is 9.59 Å². The Morgan fingerprint density at radius 3 is 1.96 bits per heavy atom. The van der Waals surface area contributed by atoms with E-state index in [1.165, 1.54) is 0 Å². The molecule has 0 aliphatic carbocycles. The predicted octanol–water partition coefficient (Wildman–Crippen LogP) is 3.06. The molecule has 0 heterocycles. The highest BCUT2D eigenvalue weighted by Crippen LogP contribution is 2.20. The molecule has 0 saturated carbocycles. The van der Waals surface area contributed by atoms with Crippen molar-refractivity contribution in [3.05, 3.63) is 0 Å². The van der Waals surface area contributed by atoms with Crippen LogP contribution in [0.4, 0.5) is 9.59 Å². The summed E-state index contributed by atoms with van der Waals surface area (Å²) < 4.78 is 21.9. The molecule has 3 atom stereocenters. The molecule has 16 heteroatoms. The number of rotatable bonds is 23. The number of ether oxygens (including phenoxy) is 4. The van der Waals surface area contributed by atoms with Crippen molar-refractivity contribution in [3.8, 4) is 0 Å². The quantitative estimate of drug-likeness (QED) is 0.0863. The Balaban J connectivity index is 4.38. The highest BCUT2D eigenvalue weighted by atomic mass is 16.6. The number of aliphatic carboxylic acids is 3. The Morgan fingerprint density at radius 1 is 0.761 bits per heavy atom. The summed E-state index contributed by atoms with van der Waals surface area (Å²) in [5.41, 5.74) is -1.77. The molecule has 0 bridgehead atoms. The zero-order valence-corrected chi connectivity index (χ0v) is 28.1. The average molecular weight is 664 g/mol. The molecule has 0 aliphatic rings. The minimum atomic E-state index is -1.74. The van der Waals surface area contributed by atoms with Crippen LogP contribution in [0.2, 0.25) is 0 Å². The van der Waals surface area contributed by atoms with Crippen molar-refractivity contribution in [1.29, 1.82) is 0 Å². The lowest BCUT2D eigenvalue weighted by Crippen LogP contribution is -2.44. The lowest BCUT2D eigenvalue weighted by Gasteiger charge is -2.32. The van der Waals surface area contributed by atoms with Crippen LogP contribution >= 0.6 is 0 Å². The summed E-state index contributed by atoms with van der Waals surface area (Å²) >= 11 is 0. The minimum Gasteiger partial charge on any atom is -0.481 e. The van der Waals surface area contributed by atoms with Crippen LogP contribution in [-0.4, -0.2) is 107 Å². The molecular weight excluding hydrogens is 610 g/mol. The first-order valence-electron chi connectivity index (χ1n) is 15.3. The van der Waals surface area contributed by atoms with E-state index in [0.29, 0.717) is 32.3 Å². The summed E-state index contributed by atoms with van der Waals surface area (Å²) in [5.74, 6) is -4.44. The van der Waals surface area contributed by atoms with Crippen LogP contribution in [0.25, 0.3) is 0 Å². The Kier molecular flexibility index (Phi) is 18.8. The molecule has 3 amide bonds. The molecule has 0 aliphatic heterocycles. The van der Waals surface area contributed by atoms with Crippen molar-refractivity contribution in [2.24, 2.45) is 0 Å². The molecule has 0 aromatic carbocycles. The topological polar surface area (TPSA) is 236 Å². The summed E-state index contributed by atoms with van der Waals surface area (Å²) in [5, 5.41) is 34.6. The fourth-order valence-corrected chi connectivity index (χ4v) is 3.73. The second-order valence-corrected chi connectivity index (χ2v) is 12.7. The van der Waals surface area contributed by atoms with Gasteiger partial charge in [0.2, 0.25) is 12.0 Å². The number of carbonyl (C=O) groups excluding carboxylic acids is 3. The Hall–Kier alpha value is -3.66. The molecular formula is C30H53N3O13. The van der Waals surface area contributed by atoms with E-state index in [1.54, 1.807) is 20.8 Å². The van der Waals surface area contributed by atoms with Gasteiger partial charge in [0, 0.05) is 32.4 Å². The molecule has 0 saturated heterocycles. The van der Waals surface area contributed by atoms with Gasteiger partial charge in [0.1, 0.15) is 11.6 Å². The van der Waals surface area contributed by atoms with E-state index in [9.17, 15) is 33.9 Å². The van der Waals surface area contributed by atoms with E-state index in [2.05, 4.69) is 20.7 Å². The maximum atomic E-state index is 12.2. The molecule has 46 heavy (non-hydrogen) atoms. The Labute approximate surface area is 270 Å². The summed E-state index contributed by atoms with van der Waals surface area (Å²) in [7, 11) is 0. The first kappa shape index (κ1) is 42.3. The maximum absolute atomic E-state index is 12.2. The fraction of sp³-hybridized carbons (Fsp3) is 0.800. The van der Waals surface area contributed by atoms with Crippen LogP contribution in [0, 0.1) is 0 Å². The second-order valence-electron chi connectivity index (χ2n) is 12.7. The van der Waals surface area contributed by atoms with Crippen LogP contribution in [0.5, 0.6) is 0 Å². The van der Waals surface area contributed by atoms with Crippen molar-refractivity contribution < 1.29 is 63.0 Å². The maximum Gasteiger partial charge on any atom is 0.408 e. The van der Waals surface area contributed by atoms with Gasteiger partial charge < -0.3 is 50.2 Å². The molecule has 16 nitrogen and oxygen atoms in total. The van der Waals surface area contributed by atoms with E-state index >= 15 is 0 Å². The third-order valence-corrected chi connectivity index (χ3v) is 6.71. The number of alkyl carbamates (subject to hydrolysis) is 2. The predicted molar refractivity (Wildman–Crippen MR) is 164 cm³/mol. The Bertz CT molecular complexity index is 1010. The van der Waals surface area contributed by atoms with E-state index in [-0.39, 0.29) is 38.4 Å². The van der Waals surface area contributed by atoms with Gasteiger partial charge in [-0.05, 0) is 73.6 Å². The third kappa shape index (κ3) is 21.1. The molecule has 6 N–H and O–H groups in total. The molecule has 0 spiro atoms. The standard InChI is InChI=1S/C30H53N3O13/c1-8-30(7,19-32-26(41)46-28(2,3)4)44-18-15-29(5,6)43-17-14-22(34)31-16-10-9-11-20(24(37)38)33-27(42)45-21(25(39)40)12-13-23(35)36/h20-21H,8-19H2,1-7H3,(H,31,34)(H,32,41)(H,33,42)(H,35,36)(H,37,38)(H,39,40). The zero-order valence-electron chi connectivity index (χ0n) is 28.1. The van der Waals surface area contributed by atoms with Gasteiger partial charge in [-0.2, -0.15) is 0 Å². The number of carboxylic acids is 3. The van der Waals surface area contributed by atoms with Crippen LogP contribution in [0.3, 0.4) is 0 Å². The number of amides is 3. The van der Waals surface area contributed by atoms with Gasteiger partial charge in [0.15, 0.2) is 0 Å². The van der Waals surface area contributed by atoms with Gasteiger partial charge in [-0.15, -0.1) is 0 Å². The van der Waals surface area contributed by atoms with E-state index < -0.39 is 71.9 Å². The first-order chi connectivity index (χ1) is 21.2. The number of nitrogens with one attached hydrogen (secondary N) is 3. The fourth-order valence-electron chi connectivity index (χ4n) is 3.73. The molecule has 0 radical (unpaired) electrons. The van der Waals surface area contributed by atoms with Gasteiger partial charge in [-0.1, -0.05) is 6.92 Å². The van der Waals surface area contributed by atoms with E-state index in [0.717, 1.165) is 0 Å². The largest absolute Gasteiger partial charge is 0.481 e. The van der Waals surface area contributed by atoms with Gasteiger partial charge in [-0.25, -0.2) is 19.2 Å². The van der Waals surface area contributed by atoms with Crippen molar-refractivity contribution in [3.63, 3.8) is 0 Å². The van der Waals surface area contributed by atoms with Gasteiger partial charge in [0.25, 0.3) is 0 Å². The van der Waals surface area contributed by atoms with E-state index in [4.69, 9.17) is 24.4 Å². The molecule has 0 fully saturated rings. The second kappa shape index (κ2) is 20.5. The number of unbranched alkanes of at least 4 members (excludes halogenated alkanes) is 1. The lowest BCUT2D eigenvalue weighted by molar-refractivity contribution is -0.148. The summed E-state index contributed by atoms with van der Waals surface area (Å²) in [6, 6.07) is -1.37. The van der Waals surface area contributed by atoms with Crippen molar-refractivity contribution in [2.75, 3.05) is 26.3 Å². The number of hydrogen-bond acceptors (Lipinski definition) is 10. The lowest BCUT2D eigenvalue weighted by atomic mass is 10.0. The van der Waals surface area contributed by atoms with Crippen LogP contribution in [0.1, 0.15) is 99.8 Å². The SMILES string of the molecule is CCC(C)(CNC(=O)OC(C)(C)C)OCCC(C)(C)OCCC(=O)NCCCCC(NC(=O)OC(CCC(=O)O)C(=O)O)C(=O)O. The zero-order chi connectivity index (χ0) is 35.6. The normalized spacial score (nSPS) is 14.2. The smallest absolute Gasteiger partial charge is 0.408 e. The summed E-state index contributed by atoms with van der Waals surface area (Å²) in [6.07, 6.45) is -2.54. The highest BCUT2D eigenvalue weighted by Gasteiger charge is 2.28. The third-order valence-electron chi connectivity index (χ3n) is 6.71. The highest BCUT2D eigenvalue weighted by molar-refractivity contribution is 5.82. The Morgan fingerprint density at radius 2 is 1.41 bits per heavy atom. The van der Waals surface area contributed by atoms with Crippen molar-refractivity contribution in [2.45, 2.75) is 129 Å². The molecule has 0 aromatic rings. The monoisotopic (exact) mass is 663 g/mol. The number of hydrogen-bond donors (Lipinski definition) is 6. The van der Waals surface area contributed by atoms with Crippen molar-refractivity contribution >= 4 is 36.0 Å². The summed E-state index contributed by atoms with van der Waals surface area (Å²) in [4.78, 5) is 69.5. The first-order valence-corrected chi connectivity index (χ1v) is 15.3. The van der Waals surface area contributed by atoms with Gasteiger partial charge in [0.05, 0.1) is 24.4 Å². The molecule has 266 valence electrons. The van der Waals surface area contributed by atoms with Crippen molar-refractivity contribution in [1.82, 2.24) is 16.0 Å². The van der Waals surface area contributed by atoms with Crippen LogP contribution in [0.15, 0.2) is 0 Å². The van der Waals surface area contributed by atoms with E-state index in [1.807, 2.05) is 27.7 Å². The molecule has 3 unspecified atom stereocenters. The van der Waals surface area contributed by atoms with Gasteiger partial charge >= 0.3 is 30.1 Å². The molecule has 0 aromatic heterocycles. The summed E-state index contributed by atoms with van der Waals surface area (Å²) in [6.45, 7) is 14.1. The molecule has 0 rings (SSSR count). The van der Waals surface area contributed by atoms with Crippen LogP contribution in [-0.2, 0) is 38.1 Å². The van der Waals surface area contributed by atoms with Crippen LogP contribution < -0.4 is 16.0 Å². The number of carbonyl (C=O) groups is 6. The number of carboxylic acid groups (broad SMARTS) is 3. The average Bonchev–Trinajstić information content (AvgIpc) is 2.91.